The maximum absolute atomic E-state index is 9.53. The molecule has 1 N–H and O–H groups in total. The van der Waals surface area contributed by atoms with Gasteiger partial charge in [0.1, 0.15) is 0 Å². The molecule has 1 aromatic heterocycles. The van der Waals surface area contributed by atoms with Gasteiger partial charge < -0.3 is 9.67 Å². The highest BCUT2D eigenvalue weighted by Gasteiger charge is 2.17. The Balaban J connectivity index is 1.94. The summed E-state index contributed by atoms with van der Waals surface area (Å²) in [7, 11) is 2.07. The van der Waals surface area contributed by atoms with E-state index in [1.165, 1.54) is 5.69 Å². The van der Waals surface area contributed by atoms with E-state index < -0.39 is 0 Å². The number of likely N-dealkylation sites (tertiary alicyclic amines) is 1. The fourth-order valence-electron chi connectivity index (χ4n) is 2.06. The summed E-state index contributed by atoms with van der Waals surface area (Å²) in [5.41, 5.74) is 1.32. The molecule has 1 fully saturated rings. The zero-order valence-corrected chi connectivity index (χ0v) is 8.69. The van der Waals surface area contributed by atoms with Gasteiger partial charge in [0.15, 0.2) is 0 Å². The molecule has 0 bridgehead atoms. The molecule has 1 aliphatic heterocycles. The van der Waals surface area contributed by atoms with Crippen molar-refractivity contribution in [3.8, 4) is 0 Å². The fraction of sp³-hybridized carbons (Fsp3) is 0.636. The van der Waals surface area contributed by atoms with Crippen molar-refractivity contribution in [2.75, 3.05) is 13.1 Å². The van der Waals surface area contributed by atoms with Crippen LogP contribution in [0.15, 0.2) is 18.3 Å². The second-order valence-electron chi connectivity index (χ2n) is 4.14. The van der Waals surface area contributed by atoms with Crippen LogP contribution in [0.1, 0.15) is 18.5 Å². The van der Waals surface area contributed by atoms with Crippen LogP contribution in [0.3, 0.4) is 0 Å². The molecule has 1 aromatic rings. The summed E-state index contributed by atoms with van der Waals surface area (Å²) in [6.45, 7) is 2.90. The lowest BCUT2D eigenvalue weighted by molar-refractivity contribution is 0.0658. The van der Waals surface area contributed by atoms with Gasteiger partial charge in [0.25, 0.3) is 0 Å². The molecule has 3 nitrogen and oxygen atoms in total. The third-order valence-corrected chi connectivity index (χ3v) is 2.92. The maximum Gasteiger partial charge on any atom is 0.0667 e. The van der Waals surface area contributed by atoms with Gasteiger partial charge in [-0.05, 0) is 31.5 Å². The van der Waals surface area contributed by atoms with Crippen LogP contribution in [-0.4, -0.2) is 33.8 Å². The monoisotopic (exact) mass is 194 g/mol. The number of aliphatic hydroxyl groups excluding tert-OH is 1. The van der Waals surface area contributed by atoms with E-state index in [1.807, 2.05) is 0 Å². The molecule has 2 rings (SSSR count). The number of hydrogen-bond acceptors (Lipinski definition) is 2. The Labute approximate surface area is 85.0 Å². The highest BCUT2D eigenvalue weighted by Crippen LogP contribution is 2.13. The summed E-state index contributed by atoms with van der Waals surface area (Å²) >= 11 is 0. The van der Waals surface area contributed by atoms with Crippen LogP contribution in [0.4, 0.5) is 0 Å². The second kappa shape index (κ2) is 4.15. The van der Waals surface area contributed by atoms with Gasteiger partial charge in [0, 0.05) is 32.0 Å². The Morgan fingerprint density at radius 2 is 2.43 bits per heavy atom. The Kier molecular flexibility index (Phi) is 2.89. The predicted molar refractivity (Wildman–Crippen MR) is 55.9 cm³/mol. The number of aliphatic hydroxyl groups is 1. The topological polar surface area (TPSA) is 28.4 Å². The number of nitrogens with zero attached hydrogens (tertiary/aromatic N) is 2. The van der Waals surface area contributed by atoms with E-state index in [1.54, 1.807) is 0 Å². The first-order valence-electron chi connectivity index (χ1n) is 5.26. The molecule has 0 aliphatic carbocycles. The molecule has 0 saturated carbocycles. The number of piperidine rings is 1. The molecule has 0 aromatic carbocycles. The summed E-state index contributed by atoms with van der Waals surface area (Å²) in [4.78, 5) is 2.32. The van der Waals surface area contributed by atoms with Crippen molar-refractivity contribution in [3.63, 3.8) is 0 Å². The normalized spacial score (nSPS) is 24.0. The SMILES string of the molecule is Cn1cccc1CN1CCCC(O)C1. The summed E-state index contributed by atoms with van der Waals surface area (Å²) in [5.74, 6) is 0. The molecule has 0 radical (unpaired) electrons. The van der Waals surface area contributed by atoms with Crippen molar-refractivity contribution in [2.45, 2.75) is 25.5 Å². The van der Waals surface area contributed by atoms with Crippen molar-refractivity contribution < 1.29 is 5.11 Å². The summed E-state index contributed by atoms with van der Waals surface area (Å²) in [6, 6.07) is 4.21. The lowest BCUT2D eigenvalue weighted by atomic mass is 10.1. The van der Waals surface area contributed by atoms with Crippen molar-refractivity contribution in [2.24, 2.45) is 7.05 Å². The molecule has 0 spiro atoms. The number of hydrogen-bond donors (Lipinski definition) is 1. The van der Waals surface area contributed by atoms with E-state index in [0.717, 1.165) is 32.5 Å². The first-order chi connectivity index (χ1) is 6.75. The zero-order chi connectivity index (χ0) is 9.97. The van der Waals surface area contributed by atoms with Crippen LogP contribution in [0.25, 0.3) is 0 Å². The van der Waals surface area contributed by atoms with E-state index in [-0.39, 0.29) is 6.10 Å². The van der Waals surface area contributed by atoms with E-state index in [9.17, 15) is 5.11 Å². The zero-order valence-electron chi connectivity index (χ0n) is 8.69. The summed E-state index contributed by atoms with van der Waals surface area (Å²) < 4.78 is 2.14. The first kappa shape index (κ1) is 9.74. The van der Waals surface area contributed by atoms with Gasteiger partial charge in [-0.25, -0.2) is 0 Å². The summed E-state index contributed by atoms with van der Waals surface area (Å²) in [6.07, 6.45) is 4.02. The Morgan fingerprint density at radius 1 is 1.57 bits per heavy atom. The molecular weight excluding hydrogens is 176 g/mol. The third kappa shape index (κ3) is 2.16. The Morgan fingerprint density at radius 3 is 3.07 bits per heavy atom. The second-order valence-corrected chi connectivity index (χ2v) is 4.14. The number of aromatic nitrogens is 1. The lowest BCUT2D eigenvalue weighted by Gasteiger charge is -2.29. The van der Waals surface area contributed by atoms with Crippen molar-refractivity contribution in [1.82, 2.24) is 9.47 Å². The molecule has 14 heavy (non-hydrogen) atoms. The van der Waals surface area contributed by atoms with Gasteiger partial charge >= 0.3 is 0 Å². The van der Waals surface area contributed by atoms with Crippen molar-refractivity contribution in [3.05, 3.63) is 24.0 Å². The smallest absolute Gasteiger partial charge is 0.0667 e. The van der Waals surface area contributed by atoms with Gasteiger partial charge in [0.05, 0.1) is 6.10 Å². The Bertz CT molecular complexity index is 295. The van der Waals surface area contributed by atoms with Crippen molar-refractivity contribution in [1.29, 1.82) is 0 Å². The minimum absolute atomic E-state index is 0.121. The van der Waals surface area contributed by atoms with E-state index in [4.69, 9.17) is 0 Å². The third-order valence-electron chi connectivity index (χ3n) is 2.92. The van der Waals surface area contributed by atoms with Crippen LogP contribution in [0, 0.1) is 0 Å². The van der Waals surface area contributed by atoms with Gasteiger partial charge in [-0.15, -0.1) is 0 Å². The quantitative estimate of drug-likeness (QED) is 0.760. The first-order valence-corrected chi connectivity index (χ1v) is 5.26. The van der Waals surface area contributed by atoms with E-state index in [0.29, 0.717) is 0 Å². The predicted octanol–water partition coefficient (Wildman–Crippen LogP) is 0.982. The molecule has 3 heteroatoms. The largest absolute Gasteiger partial charge is 0.392 e. The highest BCUT2D eigenvalue weighted by molar-refractivity contribution is 5.06. The molecule has 1 aliphatic rings. The maximum atomic E-state index is 9.53. The van der Waals surface area contributed by atoms with Crippen LogP contribution >= 0.6 is 0 Å². The van der Waals surface area contributed by atoms with Crippen LogP contribution in [0.5, 0.6) is 0 Å². The van der Waals surface area contributed by atoms with Crippen LogP contribution in [-0.2, 0) is 13.6 Å². The minimum Gasteiger partial charge on any atom is -0.392 e. The average Bonchev–Trinajstić information content (AvgIpc) is 2.52. The van der Waals surface area contributed by atoms with Gasteiger partial charge in [-0.2, -0.15) is 0 Å². The lowest BCUT2D eigenvalue weighted by Crippen LogP contribution is -2.37. The molecule has 2 heterocycles. The van der Waals surface area contributed by atoms with Gasteiger partial charge in [-0.3, -0.25) is 4.90 Å². The molecule has 1 saturated heterocycles. The van der Waals surface area contributed by atoms with Crippen LogP contribution < -0.4 is 0 Å². The molecule has 1 atom stereocenters. The molecular formula is C11H18N2O. The Hall–Kier alpha value is -0.800. The van der Waals surface area contributed by atoms with Gasteiger partial charge in [-0.1, -0.05) is 0 Å². The van der Waals surface area contributed by atoms with Gasteiger partial charge in [0.2, 0.25) is 0 Å². The standard InChI is InChI=1S/C11H18N2O/c1-12-6-2-4-10(12)8-13-7-3-5-11(14)9-13/h2,4,6,11,14H,3,5,7-9H2,1H3. The number of rotatable bonds is 2. The van der Waals surface area contributed by atoms with E-state index >= 15 is 0 Å². The van der Waals surface area contributed by atoms with E-state index in [2.05, 4.69) is 34.8 Å². The minimum atomic E-state index is -0.121. The fourth-order valence-corrected chi connectivity index (χ4v) is 2.06. The molecule has 0 amide bonds. The summed E-state index contributed by atoms with van der Waals surface area (Å²) in [5, 5.41) is 9.53. The van der Waals surface area contributed by atoms with Crippen LogP contribution in [0.2, 0.25) is 0 Å². The number of aryl methyl sites for hydroxylation is 1. The molecule has 78 valence electrons. The average molecular weight is 194 g/mol. The number of β-amino-alcohol motifs (C(OH)–C–C–N with tert-alkyl or cyclic N) is 1. The highest BCUT2D eigenvalue weighted by atomic mass is 16.3. The molecule has 1 unspecified atom stereocenters. The van der Waals surface area contributed by atoms with Crippen molar-refractivity contribution >= 4 is 0 Å².